The van der Waals surface area contributed by atoms with Crippen molar-refractivity contribution in [2.24, 2.45) is 0 Å². The summed E-state index contributed by atoms with van der Waals surface area (Å²) < 4.78 is 0. The molecule has 0 bridgehead atoms. The molecule has 0 aliphatic heterocycles. The van der Waals surface area contributed by atoms with Gasteiger partial charge in [0.05, 0.1) is 11.3 Å². The van der Waals surface area contributed by atoms with E-state index in [-0.39, 0.29) is 11.5 Å². The summed E-state index contributed by atoms with van der Waals surface area (Å²) in [5.74, 6) is -1.17. The monoisotopic (exact) mass is 265 g/mol. The number of nitrogens with zero attached hydrogens (tertiary/aromatic N) is 1. The van der Waals surface area contributed by atoms with E-state index in [4.69, 9.17) is 10.8 Å². The number of benzene rings is 1. The second-order valence-electron chi connectivity index (χ2n) is 4.33. The molecule has 1 aromatic rings. The summed E-state index contributed by atoms with van der Waals surface area (Å²) in [6.45, 7) is 4.14. The summed E-state index contributed by atoms with van der Waals surface area (Å²) in [5.41, 5.74) is 6.51. The highest BCUT2D eigenvalue weighted by atomic mass is 16.4. The molecule has 1 rings (SSSR count). The van der Waals surface area contributed by atoms with Gasteiger partial charge in [0.25, 0.3) is 0 Å². The van der Waals surface area contributed by atoms with Crippen molar-refractivity contribution in [1.29, 1.82) is 0 Å². The van der Waals surface area contributed by atoms with Crippen molar-refractivity contribution < 1.29 is 14.7 Å². The predicted octanol–water partition coefficient (Wildman–Crippen LogP) is 1.25. The first-order chi connectivity index (χ1) is 8.86. The molecule has 0 aliphatic rings. The van der Waals surface area contributed by atoms with Crippen LogP contribution in [0.25, 0.3) is 0 Å². The molecule has 0 aromatic heterocycles. The normalized spacial score (nSPS) is 11.7. The number of rotatable bonds is 5. The number of carbonyl (C=O) groups excluding carboxylic acids is 1. The van der Waals surface area contributed by atoms with Gasteiger partial charge in [0.15, 0.2) is 0 Å². The van der Waals surface area contributed by atoms with Crippen molar-refractivity contribution in [3.05, 3.63) is 23.8 Å². The molecule has 0 radical (unpaired) electrons. The van der Waals surface area contributed by atoms with Gasteiger partial charge in [-0.1, -0.05) is 0 Å². The third-order valence-electron chi connectivity index (χ3n) is 2.87. The van der Waals surface area contributed by atoms with Crippen LogP contribution in [0.4, 0.5) is 11.4 Å². The Morgan fingerprint density at radius 1 is 1.47 bits per heavy atom. The minimum absolute atomic E-state index is 0.0907. The number of nitrogens with one attached hydrogen (secondary N) is 1. The lowest BCUT2D eigenvalue weighted by Crippen LogP contribution is -2.39. The standard InChI is InChI=1S/C13H19N3O3/c1-4-16(3)12(17)8(2)15-11-7-9(14)5-6-10(11)13(18)19/h5-8,15H,4,14H2,1-3H3,(H,18,19). The van der Waals surface area contributed by atoms with Crippen LogP contribution in [-0.2, 0) is 4.79 Å². The van der Waals surface area contributed by atoms with Crippen molar-refractivity contribution >= 4 is 23.3 Å². The fraction of sp³-hybridized carbons (Fsp3) is 0.385. The molecule has 1 atom stereocenters. The Bertz CT molecular complexity index is 488. The number of nitrogen functional groups attached to an aromatic ring is 1. The van der Waals surface area contributed by atoms with Gasteiger partial charge in [-0.2, -0.15) is 0 Å². The summed E-state index contributed by atoms with van der Waals surface area (Å²) in [6.07, 6.45) is 0. The van der Waals surface area contributed by atoms with Crippen molar-refractivity contribution in [2.75, 3.05) is 24.6 Å². The fourth-order valence-electron chi connectivity index (χ4n) is 1.65. The zero-order chi connectivity index (χ0) is 14.6. The van der Waals surface area contributed by atoms with Crippen molar-refractivity contribution in [2.45, 2.75) is 19.9 Å². The lowest BCUT2D eigenvalue weighted by atomic mass is 10.1. The predicted molar refractivity (Wildman–Crippen MR) is 74.2 cm³/mol. The third kappa shape index (κ3) is 3.61. The Hall–Kier alpha value is -2.24. The average Bonchev–Trinajstić information content (AvgIpc) is 2.36. The first-order valence-electron chi connectivity index (χ1n) is 6.01. The van der Waals surface area contributed by atoms with Gasteiger partial charge >= 0.3 is 5.97 Å². The zero-order valence-corrected chi connectivity index (χ0v) is 11.3. The highest BCUT2D eigenvalue weighted by Crippen LogP contribution is 2.20. The van der Waals surface area contributed by atoms with Crippen molar-refractivity contribution in [3.8, 4) is 0 Å². The van der Waals surface area contributed by atoms with Crippen LogP contribution in [-0.4, -0.2) is 41.5 Å². The number of hydrogen-bond acceptors (Lipinski definition) is 4. The fourth-order valence-corrected chi connectivity index (χ4v) is 1.65. The number of likely N-dealkylation sites (N-methyl/N-ethyl adjacent to an activating group) is 1. The molecule has 104 valence electrons. The highest BCUT2D eigenvalue weighted by Gasteiger charge is 2.19. The lowest BCUT2D eigenvalue weighted by Gasteiger charge is -2.22. The molecule has 1 aromatic carbocycles. The van der Waals surface area contributed by atoms with Gasteiger partial charge in [-0.05, 0) is 32.0 Å². The van der Waals surface area contributed by atoms with E-state index in [2.05, 4.69) is 5.32 Å². The molecule has 0 saturated heterocycles. The first kappa shape index (κ1) is 14.8. The van der Waals surface area contributed by atoms with Gasteiger partial charge in [0.1, 0.15) is 6.04 Å². The molecule has 0 heterocycles. The van der Waals surface area contributed by atoms with Crippen LogP contribution in [0.1, 0.15) is 24.2 Å². The quantitative estimate of drug-likeness (QED) is 0.696. The SMILES string of the molecule is CCN(C)C(=O)C(C)Nc1cc(N)ccc1C(=O)O. The Balaban J connectivity index is 2.95. The number of nitrogens with two attached hydrogens (primary N) is 1. The number of carboxylic acid groups (broad SMARTS) is 1. The summed E-state index contributed by atoms with van der Waals surface area (Å²) in [7, 11) is 1.69. The molecule has 1 amide bonds. The molecule has 1 unspecified atom stereocenters. The summed E-state index contributed by atoms with van der Waals surface area (Å²) in [4.78, 5) is 24.6. The van der Waals surface area contributed by atoms with Crippen LogP contribution >= 0.6 is 0 Å². The number of carboxylic acids is 1. The van der Waals surface area contributed by atoms with E-state index in [9.17, 15) is 9.59 Å². The average molecular weight is 265 g/mol. The molecule has 4 N–H and O–H groups in total. The Morgan fingerprint density at radius 2 is 2.11 bits per heavy atom. The second kappa shape index (κ2) is 6.08. The Labute approximate surface area is 112 Å². The summed E-state index contributed by atoms with van der Waals surface area (Å²) in [5, 5.41) is 12.0. The molecule has 6 nitrogen and oxygen atoms in total. The van der Waals surface area contributed by atoms with Crippen LogP contribution < -0.4 is 11.1 Å². The molecule has 0 fully saturated rings. The van der Waals surface area contributed by atoms with Crippen LogP contribution in [0.3, 0.4) is 0 Å². The number of aromatic carboxylic acids is 1. The van der Waals surface area contributed by atoms with Crippen LogP contribution in [0.15, 0.2) is 18.2 Å². The van der Waals surface area contributed by atoms with E-state index in [1.54, 1.807) is 18.9 Å². The summed E-state index contributed by atoms with van der Waals surface area (Å²) >= 11 is 0. The van der Waals surface area contributed by atoms with E-state index in [1.165, 1.54) is 18.2 Å². The van der Waals surface area contributed by atoms with Gasteiger partial charge in [-0.15, -0.1) is 0 Å². The molecule has 0 saturated carbocycles. The van der Waals surface area contributed by atoms with Gasteiger partial charge < -0.3 is 21.1 Å². The Morgan fingerprint density at radius 3 is 2.63 bits per heavy atom. The maximum absolute atomic E-state index is 11.9. The van der Waals surface area contributed by atoms with Gasteiger partial charge in [0.2, 0.25) is 5.91 Å². The maximum Gasteiger partial charge on any atom is 0.337 e. The minimum Gasteiger partial charge on any atom is -0.478 e. The number of carbonyl (C=O) groups is 2. The zero-order valence-electron chi connectivity index (χ0n) is 11.3. The van der Waals surface area contributed by atoms with E-state index in [0.717, 1.165) is 0 Å². The Kier molecular flexibility index (Phi) is 4.74. The molecule has 0 spiro atoms. The second-order valence-corrected chi connectivity index (χ2v) is 4.33. The third-order valence-corrected chi connectivity index (χ3v) is 2.87. The van der Waals surface area contributed by atoms with Crippen LogP contribution in [0.2, 0.25) is 0 Å². The number of amides is 1. The molecular formula is C13H19N3O3. The highest BCUT2D eigenvalue weighted by molar-refractivity contribution is 5.96. The molecular weight excluding hydrogens is 246 g/mol. The van der Waals surface area contributed by atoms with E-state index >= 15 is 0 Å². The molecule has 19 heavy (non-hydrogen) atoms. The summed E-state index contributed by atoms with van der Waals surface area (Å²) in [6, 6.07) is 3.92. The smallest absolute Gasteiger partial charge is 0.337 e. The van der Waals surface area contributed by atoms with E-state index < -0.39 is 12.0 Å². The van der Waals surface area contributed by atoms with Crippen LogP contribution in [0.5, 0.6) is 0 Å². The van der Waals surface area contributed by atoms with Crippen molar-refractivity contribution in [1.82, 2.24) is 4.90 Å². The number of hydrogen-bond donors (Lipinski definition) is 3. The minimum atomic E-state index is -1.06. The van der Waals surface area contributed by atoms with Crippen molar-refractivity contribution in [3.63, 3.8) is 0 Å². The molecule has 6 heteroatoms. The van der Waals surface area contributed by atoms with E-state index in [0.29, 0.717) is 17.9 Å². The topological polar surface area (TPSA) is 95.7 Å². The number of anilines is 2. The van der Waals surface area contributed by atoms with Gasteiger partial charge in [0, 0.05) is 19.3 Å². The van der Waals surface area contributed by atoms with E-state index in [1.807, 2.05) is 6.92 Å². The van der Waals surface area contributed by atoms with Gasteiger partial charge in [-0.3, -0.25) is 4.79 Å². The van der Waals surface area contributed by atoms with Gasteiger partial charge in [-0.25, -0.2) is 4.79 Å². The maximum atomic E-state index is 11.9. The lowest BCUT2D eigenvalue weighted by molar-refractivity contribution is -0.130. The largest absolute Gasteiger partial charge is 0.478 e. The molecule has 0 aliphatic carbocycles. The van der Waals surface area contributed by atoms with Crippen LogP contribution in [0, 0.1) is 0 Å². The first-order valence-corrected chi connectivity index (χ1v) is 6.01.